The summed E-state index contributed by atoms with van der Waals surface area (Å²) < 4.78 is 5.40. The molecule has 4 nitrogen and oxygen atoms in total. The predicted molar refractivity (Wildman–Crippen MR) is 62.1 cm³/mol. The van der Waals surface area contributed by atoms with E-state index < -0.39 is 0 Å². The zero-order valence-corrected chi connectivity index (χ0v) is 10.5. The highest BCUT2D eigenvalue weighted by Gasteiger charge is 2.30. The summed E-state index contributed by atoms with van der Waals surface area (Å²) in [5, 5.41) is 0. The van der Waals surface area contributed by atoms with Crippen molar-refractivity contribution in [1.29, 1.82) is 0 Å². The third-order valence-corrected chi connectivity index (χ3v) is 2.33. The van der Waals surface area contributed by atoms with Crippen LogP contribution in [0.3, 0.4) is 0 Å². The molecule has 1 heterocycles. The summed E-state index contributed by atoms with van der Waals surface area (Å²) in [7, 11) is 0. The average molecular weight is 237 g/mol. The van der Waals surface area contributed by atoms with Gasteiger partial charge in [-0.1, -0.05) is 20.8 Å². The van der Waals surface area contributed by atoms with Gasteiger partial charge in [-0.05, 0) is 0 Å². The Labute approximate surface area is 97.5 Å². The first-order chi connectivity index (χ1) is 6.45. The van der Waals surface area contributed by atoms with E-state index in [4.69, 9.17) is 10.5 Å². The number of carbonyl (C=O) groups is 1. The molecule has 1 atom stereocenters. The van der Waals surface area contributed by atoms with Crippen LogP contribution in [0.2, 0.25) is 0 Å². The summed E-state index contributed by atoms with van der Waals surface area (Å²) in [6, 6.07) is 0. The van der Waals surface area contributed by atoms with Crippen LogP contribution in [-0.2, 0) is 9.53 Å². The van der Waals surface area contributed by atoms with E-state index in [2.05, 4.69) is 0 Å². The van der Waals surface area contributed by atoms with E-state index in [1.807, 2.05) is 25.7 Å². The van der Waals surface area contributed by atoms with Gasteiger partial charge in [0.1, 0.15) is 0 Å². The lowest BCUT2D eigenvalue weighted by molar-refractivity contribution is -0.146. The van der Waals surface area contributed by atoms with Crippen molar-refractivity contribution in [2.75, 3.05) is 26.2 Å². The molecule has 2 N–H and O–H groups in total. The predicted octanol–water partition coefficient (Wildman–Crippen LogP) is 0.640. The number of halogens is 1. The molecule has 1 fully saturated rings. The number of hydrogen-bond acceptors (Lipinski definition) is 3. The molecule has 1 aliphatic rings. The van der Waals surface area contributed by atoms with Crippen molar-refractivity contribution in [3.63, 3.8) is 0 Å². The van der Waals surface area contributed by atoms with Crippen molar-refractivity contribution in [3.8, 4) is 0 Å². The number of rotatable bonds is 1. The monoisotopic (exact) mass is 236 g/mol. The van der Waals surface area contributed by atoms with Crippen molar-refractivity contribution < 1.29 is 9.53 Å². The van der Waals surface area contributed by atoms with Gasteiger partial charge in [0.2, 0.25) is 5.91 Å². The number of morpholine rings is 1. The lowest BCUT2D eigenvalue weighted by Crippen LogP contribution is -2.51. The first-order valence-electron chi connectivity index (χ1n) is 5.06. The van der Waals surface area contributed by atoms with Crippen LogP contribution < -0.4 is 5.73 Å². The Hall–Kier alpha value is -0.320. The summed E-state index contributed by atoms with van der Waals surface area (Å²) in [5.41, 5.74) is 5.20. The largest absolute Gasteiger partial charge is 0.373 e. The van der Waals surface area contributed by atoms with Crippen molar-refractivity contribution in [1.82, 2.24) is 4.90 Å². The normalized spacial score (nSPS) is 22.1. The molecule has 1 saturated heterocycles. The highest BCUT2D eigenvalue weighted by atomic mass is 35.5. The van der Waals surface area contributed by atoms with Gasteiger partial charge in [-0.2, -0.15) is 0 Å². The highest BCUT2D eigenvalue weighted by Crippen LogP contribution is 2.19. The second-order valence-electron chi connectivity index (χ2n) is 4.73. The van der Waals surface area contributed by atoms with Crippen LogP contribution in [0.25, 0.3) is 0 Å². The zero-order chi connectivity index (χ0) is 10.8. The molecule has 1 amide bonds. The molecule has 0 radical (unpaired) electrons. The van der Waals surface area contributed by atoms with E-state index in [9.17, 15) is 4.79 Å². The standard InChI is InChI=1S/C10H20N2O2.ClH/c1-10(2,3)9(13)12-4-5-14-8(6-11)7-12;/h8H,4-7,11H2,1-3H3;1H. The van der Waals surface area contributed by atoms with Crippen LogP contribution in [-0.4, -0.2) is 43.2 Å². The average Bonchev–Trinajstić information content (AvgIpc) is 2.15. The van der Waals surface area contributed by atoms with Crippen molar-refractivity contribution in [2.24, 2.45) is 11.1 Å². The third kappa shape index (κ3) is 3.97. The minimum atomic E-state index is -0.309. The van der Waals surface area contributed by atoms with Crippen LogP contribution in [0.15, 0.2) is 0 Å². The molecular weight excluding hydrogens is 216 g/mol. The van der Waals surface area contributed by atoms with Crippen LogP contribution in [0.4, 0.5) is 0 Å². The first-order valence-corrected chi connectivity index (χ1v) is 5.06. The number of nitrogens with two attached hydrogens (primary N) is 1. The molecule has 0 bridgehead atoms. The minimum Gasteiger partial charge on any atom is -0.373 e. The summed E-state index contributed by atoms with van der Waals surface area (Å²) in [6.07, 6.45) is 0.00931. The fourth-order valence-electron chi connectivity index (χ4n) is 1.52. The third-order valence-electron chi connectivity index (χ3n) is 2.33. The van der Waals surface area contributed by atoms with Crippen LogP contribution in [0, 0.1) is 5.41 Å². The van der Waals surface area contributed by atoms with Gasteiger partial charge in [-0.15, -0.1) is 12.4 Å². The van der Waals surface area contributed by atoms with Gasteiger partial charge in [-0.25, -0.2) is 0 Å². The fourth-order valence-corrected chi connectivity index (χ4v) is 1.52. The van der Waals surface area contributed by atoms with Gasteiger partial charge in [0.25, 0.3) is 0 Å². The van der Waals surface area contributed by atoms with Crippen LogP contribution >= 0.6 is 12.4 Å². The number of hydrogen-bond donors (Lipinski definition) is 1. The van der Waals surface area contributed by atoms with Crippen molar-refractivity contribution in [2.45, 2.75) is 26.9 Å². The molecule has 5 heteroatoms. The van der Waals surface area contributed by atoms with Gasteiger partial charge in [0.15, 0.2) is 0 Å². The minimum absolute atomic E-state index is 0. The quantitative estimate of drug-likeness (QED) is 0.727. The molecule has 1 unspecified atom stereocenters. The van der Waals surface area contributed by atoms with E-state index in [1.54, 1.807) is 0 Å². The summed E-state index contributed by atoms with van der Waals surface area (Å²) in [4.78, 5) is 13.8. The van der Waals surface area contributed by atoms with Gasteiger partial charge < -0.3 is 15.4 Å². The van der Waals surface area contributed by atoms with E-state index >= 15 is 0 Å². The summed E-state index contributed by atoms with van der Waals surface area (Å²) in [5.74, 6) is 0.180. The maximum absolute atomic E-state index is 11.9. The molecule has 1 rings (SSSR count). The van der Waals surface area contributed by atoms with E-state index in [0.29, 0.717) is 26.2 Å². The van der Waals surface area contributed by atoms with Gasteiger partial charge in [-0.3, -0.25) is 4.79 Å². The second-order valence-corrected chi connectivity index (χ2v) is 4.73. The molecule has 0 spiro atoms. The number of carbonyl (C=O) groups excluding carboxylic acids is 1. The molecule has 0 aliphatic carbocycles. The van der Waals surface area contributed by atoms with Crippen molar-refractivity contribution >= 4 is 18.3 Å². The maximum atomic E-state index is 11.9. The molecule has 0 aromatic heterocycles. The van der Waals surface area contributed by atoms with Crippen LogP contribution in [0.5, 0.6) is 0 Å². The Kier molecular flexibility index (Phi) is 5.56. The van der Waals surface area contributed by atoms with Crippen LogP contribution in [0.1, 0.15) is 20.8 Å². The molecule has 0 saturated carbocycles. The SMILES string of the molecule is CC(C)(C)C(=O)N1CCOC(CN)C1.Cl. The number of ether oxygens (including phenoxy) is 1. The summed E-state index contributed by atoms with van der Waals surface area (Å²) in [6.45, 7) is 8.20. The topological polar surface area (TPSA) is 55.6 Å². The molecule has 0 aromatic rings. The van der Waals surface area contributed by atoms with E-state index in [1.165, 1.54) is 0 Å². The fraction of sp³-hybridized carbons (Fsp3) is 0.900. The lowest BCUT2D eigenvalue weighted by Gasteiger charge is -2.36. The molecular formula is C10H21ClN2O2. The van der Waals surface area contributed by atoms with E-state index in [0.717, 1.165) is 0 Å². The molecule has 90 valence electrons. The zero-order valence-electron chi connectivity index (χ0n) is 9.66. The second kappa shape index (κ2) is 5.68. The molecule has 0 aromatic carbocycles. The van der Waals surface area contributed by atoms with Gasteiger partial charge in [0, 0.05) is 25.0 Å². The Morgan fingerprint density at radius 1 is 1.53 bits per heavy atom. The smallest absolute Gasteiger partial charge is 0.228 e. The Morgan fingerprint density at radius 3 is 2.60 bits per heavy atom. The molecule has 15 heavy (non-hydrogen) atoms. The maximum Gasteiger partial charge on any atom is 0.228 e. The van der Waals surface area contributed by atoms with Gasteiger partial charge >= 0.3 is 0 Å². The van der Waals surface area contributed by atoms with Gasteiger partial charge in [0.05, 0.1) is 12.7 Å². The highest BCUT2D eigenvalue weighted by molar-refractivity contribution is 5.85. The first kappa shape index (κ1) is 14.7. The van der Waals surface area contributed by atoms with Crippen molar-refractivity contribution in [3.05, 3.63) is 0 Å². The summed E-state index contributed by atoms with van der Waals surface area (Å²) >= 11 is 0. The van der Waals surface area contributed by atoms with E-state index in [-0.39, 0.29) is 29.8 Å². The lowest BCUT2D eigenvalue weighted by atomic mass is 9.94. The Bertz CT molecular complexity index is 216. The number of amides is 1. The number of nitrogens with zero attached hydrogens (tertiary/aromatic N) is 1. The Morgan fingerprint density at radius 2 is 2.13 bits per heavy atom. The Balaban J connectivity index is 0.00000196. The molecule has 1 aliphatic heterocycles.